The van der Waals surface area contributed by atoms with Crippen molar-refractivity contribution in [3.05, 3.63) is 52.1 Å². The Kier molecular flexibility index (Phi) is 5.28. The summed E-state index contributed by atoms with van der Waals surface area (Å²) in [5.41, 5.74) is 1.60. The Morgan fingerprint density at radius 1 is 1.05 bits per heavy atom. The van der Waals surface area contributed by atoms with E-state index in [1.165, 1.54) is 6.33 Å². The summed E-state index contributed by atoms with van der Waals surface area (Å²) in [6, 6.07) is 4.71. The van der Waals surface area contributed by atoms with Gasteiger partial charge in [0.1, 0.15) is 17.7 Å². The summed E-state index contributed by atoms with van der Waals surface area (Å²) in [6.07, 6.45) is 6.70. The van der Waals surface area contributed by atoms with E-state index in [9.17, 15) is 13.2 Å². The molecule has 1 aliphatic carbocycles. The van der Waals surface area contributed by atoms with E-state index in [0.717, 1.165) is 24.9 Å². The molecule has 1 aromatic carbocycles. The van der Waals surface area contributed by atoms with Gasteiger partial charge in [-0.15, -0.1) is 0 Å². The number of H-pyrrole nitrogens is 1. The molecule has 2 aliphatic heterocycles. The highest BCUT2D eigenvalue weighted by Gasteiger charge is 2.44. The number of halogens is 1. The lowest BCUT2D eigenvalue weighted by Crippen LogP contribution is -2.37. The number of aromatic amines is 1. The zero-order valence-corrected chi connectivity index (χ0v) is 21.5. The van der Waals surface area contributed by atoms with Crippen molar-refractivity contribution in [2.24, 2.45) is 0 Å². The van der Waals surface area contributed by atoms with Gasteiger partial charge in [-0.05, 0) is 44.2 Å². The van der Waals surface area contributed by atoms with Crippen LogP contribution in [0.25, 0.3) is 22.1 Å². The zero-order valence-electron chi connectivity index (χ0n) is 19.9. The van der Waals surface area contributed by atoms with Crippen LogP contribution >= 0.6 is 11.6 Å². The maximum absolute atomic E-state index is 14.0. The number of anilines is 1. The van der Waals surface area contributed by atoms with E-state index in [4.69, 9.17) is 16.6 Å². The Hall–Kier alpha value is -3.09. The number of hydrogen-bond donors (Lipinski definition) is 1. The van der Waals surface area contributed by atoms with E-state index in [-0.39, 0.29) is 29.4 Å². The quantitative estimate of drug-likeness (QED) is 0.409. The second-order valence-electron chi connectivity index (χ2n) is 9.97. The topological polar surface area (TPSA) is 130 Å². The number of imidazole rings is 1. The maximum atomic E-state index is 14.0. The van der Waals surface area contributed by atoms with Gasteiger partial charge in [0.25, 0.3) is 5.56 Å². The molecule has 192 valence electrons. The predicted octanol–water partition coefficient (Wildman–Crippen LogP) is 2.80. The highest BCUT2D eigenvalue weighted by Crippen LogP contribution is 2.39. The zero-order chi connectivity index (χ0) is 25.3. The molecule has 0 spiro atoms. The Balaban J connectivity index is 1.37. The molecule has 0 radical (unpaired) electrons. The average molecular weight is 541 g/mol. The molecule has 11 nitrogen and oxygen atoms in total. The molecule has 2 atom stereocenters. The molecule has 0 amide bonds. The normalized spacial score (nSPS) is 23.0. The largest absolute Gasteiger partial charge is 0.345 e. The fraction of sp³-hybridized carbons (Fsp3) is 0.458. The van der Waals surface area contributed by atoms with Crippen LogP contribution in [0, 0.1) is 0 Å². The van der Waals surface area contributed by atoms with Crippen LogP contribution in [0.5, 0.6) is 0 Å². The van der Waals surface area contributed by atoms with Crippen LogP contribution in [0.4, 0.5) is 5.82 Å². The number of fused-ring (bicyclic) bond motifs is 2. The first-order valence-electron chi connectivity index (χ1n) is 12.5. The van der Waals surface area contributed by atoms with E-state index < -0.39 is 10.0 Å². The van der Waals surface area contributed by atoms with Crippen molar-refractivity contribution >= 4 is 49.5 Å². The fourth-order valence-electron chi connectivity index (χ4n) is 5.80. The SMILES string of the molecule is O=c1c2c(Cl)cccc2nc(C2CCCN2c2ncnc3nc[nH]c23)n1C1CCN(S(=O)(=O)C2CC2)C1. The third kappa shape index (κ3) is 3.64. The highest BCUT2D eigenvalue weighted by molar-refractivity contribution is 7.90. The van der Waals surface area contributed by atoms with Crippen molar-refractivity contribution in [1.82, 2.24) is 33.8 Å². The third-order valence-electron chi connectivity index (χ3n) is 7.73. The van der Waals surface area contributed by atoms with Crippen molar-refractivity contribution in [3.63, 3.8) is 0 Å². The molecule has 3 aromatic heterocycles. The van der Waals surface area contributed by atoms with Crippen molar-refractivity contribution in [1.29, 1.82) is 0 Å². The van der Waals surface area contributed by atoms with Gasteiger partial charge in [0.15, 0.2) is 11.5 Å². The van der Waals surface area contributed by atoms with Crippen molar-refractivity contribution in [3.8, 4) is 0 Å². The van der Waals surface area contributed by atoms with Gasteiger partial charge in [-0.25, -0.2) is 28.4 Å². The summed E-state index contributed by atoms with van der Waals surface area (Å²) in [4.78, 5) is 37.4. The Labute approximate surface area is 217 Å². The summed E-state index contributed by atoms with van der Waals surface area (Å²) >= 11 is 6.48. The van der Waals surface area contributed by atoms with Gasteiger partial charge in [-0.3, -0.25) is 9.36 Å². The molecule has 4 aromatic rings. The van der Waals surface area contributed by atoms with E-state index in [2.05, 4.69) is 24.8 Å². The molecule has 37 heavy (non-hydrogen) atoms. The molecule has 13 heteroatoms. The Bertz CT molecular complexity index is 1700. The predicted molar refractivity (Wildman–Crippen MR) is 139 cm³/mol. The first-order valence-corrected chi connectivity index (χ1v) is 14.4. The van der Waals surface area contributed by atoms with E-state index in [0.29, 0.717) is 59.0 Å². The molecule has 1 N–H and O–H groups in total. The minimum atomic E-state index is -3.34. The van der Waals surface area contributed by atoms with Gasteiger partial charge < -0.3 is 9.88 Å². The smallest absolute Gasteiger partial charge is 0.263 e. The molecule has 3 aliphatic rings. The number of aromatic nitrogens is 6. The number of nitrogens with one attached hydrogen (secondary N) is 1. The minimum Gasteiger partial charge on any atom is -0.345 e. The van der Waals surface area contributed by atoms with Gasteiger partial charge in [0.2, 0.25) is 10.0 Å². The Morgan fingerprint density at radius 2 is 1.92 bits per heavy atom. The first kappa shape index (κ1) is 23.1. The van der Waals surface area contributed by atoms with Gasteiger partial charge in [0, 0.05) is 19.6 Å². The number of sulfonamides is 1. The summed E-state index contributed by atoms with van der Waals surface area (Å²) in [6.45, 7) is 1.38. The molecule has 1 saturated carbocycles. The van der Waals surface area contributed by atoms with Crippen molar-refractivity contribution < 1.29 is 8.42 Å². The summed E-state index contributed by atoms with van der Waals surface area (Å²) < 4.78 is 29.2. The highest BCUT2D eigenvalue weighted by atomic mass is 35.5. The minimum absolute atomic E-state index is 0.230. The number of rotatable bonds is 5. The van der Waals surface area contributed by atoms with Crippen molar-refractivity contribution in [2.45, 2.75) is 49.4 Å². The third-order valence-corrected chi connectivity index (χ3v) is 10.4. The number of hydrogen-bond acceptors (Lipinski definition) is 8. The van der Waals surface area contributed by atoms with E-state index in [1.807, 2.05) is 0 Å². The molecule has 2 saturated heterocycles. The first-order chi connectivity index (χ1) is 17.9. The standard InChI is InChI=1S/C24H25ClN8O3S/c25-16-3-1-4-17-19(16)24(34)33(14-8-10-31(11-14)37(35,36)15-6-7-15)22(30-17)18-5-2-9-32(18)23-20-21(27-12-26-20)28-13-29-23/h1,3-4,12-15,18H,2,5-11H2,(H,26,27,28,29). The second-order valence-corrected chi connectivity index (χ2v) is 12.6. The van der Waals surface area contributed by atoms with Gasteiger partial charge in [-0.1, -0.05) is 17.7 Å². The van der Waals surface area contributed by atoms with Crippen LogP contribution in [-0.2, 0) is 10.0 Å². The van der Waals surface area contributed by atoms with Crippen LogP contribution in [0.2, 0.25) is 5.02 Å². The summed E-state index contributed by atoms with van der Waals surface area (Å²) in [7, 11) is -3.34. The van der Waals surface area contributed by atoms with Gasteiger partial charge >= 0.3 is 0 Å². The van der Waals surface area contributed by atoms with Crippen LogP contribution < -0.4 is 10.5 Å². The second kappa shape index (κ2) is 8.47. The number of benzene rings is 1. The molecule has 7 rings (SSSR count). The fourth-order valence-corrected chi connectivity index (χ4v) is 7.94. The molecule has 0 bridgehead atoms. The van der Waals surface area contributed by atoms with Crippen molar-refractivity contribution in [2.75, 3.05) is 24.5 Å². The molecule has 5 heterocycles. The van der Waals surface area contributed by atoms with Crippen LogP contribution in [0.1, 0.15) is 50.0 Å². The van der Waals surface area contributed by atoms with Gasteiger partial charge in [-0.2, -0.15) is 4.31 Å². The lowest BCUT2D eigenvalue weighted by atomic mass is 10.1. The van der Waals surface area contributed by atoms with Crippen LogP contribution in [0.15, 0.2) is 35.6 Å². The lowest BCUT2D eigenvalue weighted by molar-refractivity contribution is 0.429. The molecule has 2 unspecified atom stereocenters. The monoisotopic (exact) mass is 540 g/mol. The number of nitrogens with zero attached hydrogens (tertiary/aromatic N) is 7. The summed E-state index contributed by atoms with van der Waals surface area (Å²) in [5, 5.41) is 0.416. The summed E-state index contributed by atoms with van der Waals surface area (Å²) in [5.74, 6) is 1.32. The van der Waals surface area contributed by atoms with Gasteiger partial charge in [0.05, 0.1) is 39.6 Å². The average Bonchev–Trinajstić information content (AvgIpc) is 3.26. The molecule has 3 fully saturated rings. The lowest BCUT2D eigenvalue weighted by Gasteiger charge is -2.29. The van der Waals surface area contributed by atoms with E-state index in [1.54, 1.807) is 33.4 Å². The van der Waals surface area contributed by atoms with Crippen LogP contribution in [-0.4, -0.2) is 67.1 Å². The maximum Gasteiger partial charge on any atom is 0.263 e. The Morgan fingerprint density at radius 3 is 2.76 bits per heavy atom. The molecular formula is C24H25ClN8O3S. The molecular weight excluding hydrogens is 516 g/mol. The van der Waals surface area contributed by atoms with Crippen LogP contribution in [0.3, 0.4) is 0 Å². The van der Waals surface area contributed by atoms with E-state index >= 15 is 0 Å².